The van der Waals surface area contributed by atoms with Crippen molar-refractivity contribution in [1.29, 1.82) is 0 Å². The van der Waals surface area contributed by atoms with E-state index >= 15 is 0 Å². The topological polar surface area (TPSA) is 78.9 Å². The van der Waals surface area contributed by atoms with Crippen LogP contribution in [0.2, 0.25) is 0 Å². The van der Waals surface area contributed by atoms with Gasteiger partial charge in [0.15, 0.2) is 6.10 Å². The van der Waals surface area contributed by atoms with E-state index in [1.54, 1.807) is 0 Å². The zero-order chi connectivity index (χ0) is 42.3. The molecule has 0 saturated heterocycles. The third kappa shape index (κ3) is 43.7. The van der Waals surface area contributed by atoms with Crippen molar-refractivity contribution in [3.63, 3.8) is 0 Å². The number of hydrogen-bond acceptors (Lipinski definition) is 6. The molecule has 0 amide bonds. The smallest absolute Gasteiger partial charge is 0.306 e. The van der Waals surface area contributed by atoms with Crippen LogP contribution in [0.25, 0.3) is 0 Å². The molecule has 1 atom stereocenters. The third-order valence-corrected chi connectivity index (χ3v) is 9.65. The lowest BCUT2D eigenvalue weighted by molar-refractivity contribution is -0.166. The second-order valence-corrected chi connectivity index (χ2v) is 15.3. The summed E-state index contributed by atoms with van der Waals surface area (Å²) >= 11 is 0. The fourth-order valence-electron chi connectivity index (χ4n) is 6.09. The number of rotatable bonds is 41. The molecule has 0 unspecified atom stereocenters. The van der Waals surface area contributed by atoms with Crippen molar-refractivity contribution in [2.45, 2.75) is 213 Å². The van der Waals surface area contributed by atoms with Gasteiger partial charge in [0.1, 0.15) is 13.2 Å². The van der Waals surface area contributed by atoms with Crippen LogP contribution in [0.4, 0.5) is 0 Å². The first-order valence-electron chi connectivity index (χ1n) is 23.6. The van der Waals surface area contributed by atoms with Crippen LogP contribution in [0.15, 0.2) is 85.1 Å². The largest absolute Gasteiger partial charge is 0.462 e. The molecule has 0 bridgehead atoms. The normalized spacial score (nSPS) is 12.8. The molecule has 6 nitrogen and oxygen atoms in total. The highest BCUT2D eigenvalue weighted by atomic mass is 16.6. The molecule has 0 aromatic heterocycles. The molecule has 0 aliphatic carbocycles. The molecule has 330 valence electrons. The number of ether oxygens (including phenoxy) is 3. The highest BCUT2D eigenvalue weighted by molar-refractivity contribution is 5.71. The van der Waals surface area contributed by atoms with Crippen LogP contribution in [-0.2, 0) is 28.6 Å². The second kappa shape index (κ2) is 46.3. The Morgan fingerprint density at radius 1 is 0.362 bits per heavy atom. The summed E-state index contributed by atoms with van der Waals surface area (Å²) in [5.41, 5.74) is 0. The average molecular weight is 807 g/mol. The molecule has 0 aromatic rings. The van der Waals surface area contributed by atoms with Gasteiger partial charge in [-0.3, -0.25) is 14.4 Å². The molecule has 58 heavy (non-hydrogen) atoms. The van der Waals surface area contributed by atoms with Crippen LogP contribution in [0.5, 0.6) is 0 Å². The van der Waals surface area contributed by atoms with Crippen LogP contribution in [0.3, 0.4) is 0 Å². The van der Waals surface area contributed by atoms with Gasteiger partial charge in [-0.05, 0) is 77.0 Å². The number of hydrogen-bond donors (Lipinski definition) is 0. The average Bonchev–Trinajstić information content (AvgIpc) is 3.22. The van der Waals surface area contributed by atoms with E-state index in [0.29, 0.717) is 19.3 Å². The van der Waals surface area contributed by atoms with Gasteiger partial charge >= 0.3 is 17.9 Å². The summed E-state index contributed by atoms with van der Waals surface area (Å²) in [4.78, 5) is 37.7. The highest BCUT2D eigenvalue weighted by Crippen LogP contribution is 2.13. The summed E-state index contributed by atoms with van der Waals surface area (Å²) in [6.07, 6.45) is 58.6. The van der Waals surface area contributed by atoms with E-state index < -0.39 is 6.10 Å². The fourth-order valence-corrected chi connectivity index (χ4v) is 6.09. The minimum absolute atomic E-state index is 0.103. The zero-order valence-electron chi connectivity index (χ0n) is 37.5. The number of esters is 3. The molecular formula is C52H86O6. The lowest BCUT2D eigenvalue weighted by Crippen LogP contribution is -2.30. The predicted octanol–water partition coefficient (Wildman–Crippen LogP) is 15.3. The summed E-state index contributed by atoms with van der Waals surface area (Å²) in [6.45, 7) is 6.38. The molecule has 0 heterocycles. The quantitative estimate of drug-likeness (QED) is 0.0265. The Hall–Kier alpha value is -3.41. The fraction of sp³-hybridized carbons (Fsp3) is 0.673. The van der Waals surface area contributed by atoms with Gasteiger partial charge in [0, 0.05) is 19.3 Å². The summed E-state index contributed by atoms with van der Waals surface area (Å²) in [6, 6.07) is 0. The van der Waals surface area contributed by atoms with E-state index in [9.17, 15) is 14.4 Å². The van der Waals surface area contributed by atoms with Gasteiger partial charge in [-0.15, -0.1) is 0 Å². The number of carbonyl (C=O) groups excluding carboxylic acids is 3. The Kier molecular flexibility index (Phi) is 43.6. The van der Waals surface area contributed by atoms with Crippen molar-refractivity contribution in [3.8, 4) is 0 Å². The molecule has 0 radical (unpaired) electrons. The second-order valence-electron chi connectivity index (χ2n) is 15.3. The predicted molar refractivity (Wildman–Crippen MR) is 247 cm³/mol. The first-order valence-corrected chi connectivity index (χ1v) is 23.6. The summed E-state index contributed by atoms with van der Waals surface area (Å²) < 4.78 is 16.6. The van der Waals surface area contributed by atoms with E-state index in [-0.39, 0.29) is 37.5 Å². The van der Waals surface area contributed by atoms with Gasteiger partial charge in [0.2, 0.25) is 0 Å². The Labute approximate surface area is 356 Å². The summed E-state index contributed by atoms with van der Waals surface area (Å²) in [7, 11) is 0. The van der Waals surface area contributed by atoms with Gasteiger partial charge in [0.05, 0.1) is 0 Å². The monoisotopic (exact) mass is 807 g/mol. The molecule has 6 heteroatoms. The van der Waals surface area contributed by atoms with Crippen LogP contribution in [0.1, 0.15) is 207 Å². The standard InChI is InChI=1S/C52H86O6/c1-4-7-10-13-16-19-22-23-24-25-26-27-28-29-31-33-36-39-42-45-51(54)57-48-49(47-56-50(53)44-41-38-35-32-21-18-15-12-9-6-3)58-52(55)46-43-40-37-34-30-20-17-14-11-8-5-2/h7,10,14,16-17,19,23-24,26-27,29,31,36,39,49H,4-6,8-9,11-13,15,18,20-22,25,28,30,32-35,37-38,40-48H2,1-3H3/b10-7-,17-14-,19-16-,24-23-,27-26-,31-29-,39-36-/t49-/m1/s1. The highest BCUT2D eigenvalue weighted by Gasteiger charge is 2.19. The van der Waals surface area contributed by atoms with Crippen molar-refractivity contribution < 1.29 is 28.6 Å². The minimum atomic E-state index is -0.807. The molecule has 0 aliphatic heterocycles. The molecule has 0 fully saturated rings. The molecule has 0 N–H and O–H groups in total. The van der Waals surface area contributed by atoms with Crippen molar-refractivity contribution in [2.75, 3.05) is 13.2 Å². The van der Waals surface area contributed by atoms with Gasteiger partial charge in [-0.25, -0.2) is 0 Å². The number of allylic oxidation sites excluding steroid dienone is 14. The Balaban J connectivity index is 4.48. The van der Waals surface area contributed by atoms with E-state index in [1.807, 2.05) is 12.2 Å². The maximum Gasteiger partial charge on any atom is 0.306 e. The Bertz CT molecular complexity index is 1160. The van der Waals surface area contributed by atoms with Gasteiger partial charge < -0.3 is 14.2 Å². The van der Waals surface area contributed by atoms with Crippen LogP contribution in [-0.4, -0.2) is 37.2 Å². The molecule has 0 rings (SSSR count). The first kappa shape index (κ1) is 54.6. The lowest BCUT2D eigenvalue weighted by Gasteiger charge is -2.18. The van der Waals surface area contributed by atoms with E-state index in [0.717, 1.165) is 89.9 Å². The SMILES string of the molecule is CC/C=C\C/C=C\C/C=C\C/C=C\C/C=C\C/C=C\CCC(=O)OC[C@@H](COC(=O)CCCCCCCCCCCC)OC(=O)CCCCCCC/C=C\CCCC. The lowest BCUT2D eigenvalue weighted by atomic mass is 10.1. The van der Waals surface area contributed by atoms with E-state index in [1.165, 1.54) is 70.6 Å². The molecule has 0 aliphatic rings. The Morgan fingerprint density at radius 3 is 1.21 bits per heavy atom. The summed E-state index contributed by atoms with van der Waals surface area (Å²) in [5, 5.41) is 0. The van der Waals surface area contributed by atoms with Crippen molar-refractivity contribution in [2.24, 2.45) is 0 Å². The third-order valence-electron chi connectivity index (χ3n) is 9.65. The maximum atomic E-state index is 12.7. The molecule has 0 aromatic carbocycles. The summed E-state index contributed by atoms with van der Waals surface area (Å²) in [5.74, 6) is -1.01. The van der Waals surface area contributed by atoms with Crippen molar-refractivity contribution in [1.82, 2.24) is 0 Å². The Morgan fingerprint density at radius 2 is 0.724 bits per heavy atom. The van der Waals surface area contributed by atoms with Crippen LogP contribution >= 0.6 is 0 Å². The van der Waals surface area contributed by atoms with Gasteiger partial charge in [-0.2, -0.15) is 0 Å². The van der Waals surface area contributed by atoms with Crippen LogP contribution in [0, 0.1) is 0 Å². The van der Waals surface area contributed by atoms with Crippen LogP contribution < -0.4 is 0 Å². The van der Waals surface area contributed by atoms with Gasteiger partial charge in [0.25, 0.3) is 0 Å². The first-order chi connectivity index (χ1) is 28.5. The van der Waals surface area contributed by atoms with E-state index in [4.69, 9.17) is 14.2 Å². The molecule has 0 saturated carbocycles. The van der Waals surface area contributed by atoms with Crippen molar-refractivity contribution in [3.05, 3.63) is 85.1 Å². The maximum absolute atomic E-state index is 12.7. The number of carbonyl (C=O) groups is 3. The number of unbranched alkanes of at least 4 members (excludes halogenated alkanes) is 16. The zero-order valence-corrected chi connectivity index (χ0v) is 37.5. The van der Waals surface area contributed by atoms with Crippen molar-refractivity contribution >= 4 is 17.9 Å². The molecular weight excluding hydrogens is 721 g/mol. The van der Waals surface area contributed by atoms with E-state index in [2.05, 4.69) is 93.7 Å². The minimum Gasteiger partial charge on any atom is -0.462 e. The molecule has 0 spiro atoms. The van der Waals surface area contributed by atoms with Gasteiger partial charge in [-0.1, -0.05) is 196 Å².